The zero-order valence-corrected chi connectivity index (χ0v) is 17.1. The van der Waals surface area contributed by atoms with Crippen molar-refractivity contribution in [2.75, 3.05) is 36.0 Å². The van der Waals surface area contributed by atoms with E-state index in [1.807, 2.05) is 36.4 Å². The van der Waals surface area contributed by atoms with E-state index >= 15 is 0 Å². The second-order valence-electron chi connectivity index (χ2n) is 9.50. The lowest BCUT2D eigenvalue weighted by molar-refractivity contribution is 0.100. The quantitative estimate of drug-likeness (QED) is 0.620. The normalized spacial score (nSPS) is 21.8. The lowest BCUT2D eigenvalue weighted by Crippen LogP contribution is -2.56. The van der Waals surface area contributed by atoms with Crippen molar-refractivity contribution < 1.29 is 4.79 Å². The molecule has 2 aromatic carbocycles. The molecule has 0 aromatic heterocycles. The van der Waals surface area contributed by atoms with Gasteiger partial charge in [0.15, 0.2) is 0 Å². The van der Waals surface area contributed by atoms with Crippen LogP contribution in [0.5, 0.6) is 0 Å². The lowest BCUT2D eigenvalue weighted by Gasteiger charge is -2.43. The Bertz CT molecular complexity index is 909. The Kier molecular flexibility index (Phi) is 4.32. The van der Waals surface area contributed by atoms with Gasteiger partial charge in [-0.1, -0.05) is 19.1 Å². The zero-order valence-electron chi connectivity index (χ0n) is 17.1. The number of carbonyl (C=O) groups excluding carboxylic acids is 1. The SMILES string of the molecule is CC1(C2(CN3CC(Nc4ccc(C(=O)Nc5ccccc5N)cc4)C3)CC2)CC1. The van der Waals surface area contributed by atoms with Crippen molar-refractivity contribution >= 4 is 23.0 Å². The first kappa shape index (κ1) is 18.5. The van der Waals surface area contributed by atoms with Crippen molar-refractivity contribution in [2.45, 2.75) is 38.6 Å². The zero-order chi connectivity index (χ0) is 20.1. The van der Waals surface area contributed by atoms with Crippen LogP contribution in [-0.2, 0) is 0 Å². The first-order chi connectivity index (χ1) is 14.0. The van der Waals surface area contributed by atoms with Gasteiger partial charge in [0.05, 0.1) is 17.4 Å². The molecule has 1 amide bonds. The van der Waals surface area contributed by atoms with Crippen LogP contribution in [0.15, 0.2) is 48.5 Å². The molecule has 0 bridgehead atoms. The van der Waals surface area contributed by atoms with Crippen LogP contribution in [0.25, 0.3) is 0 Å². The maximum Gasteiger partial charge on any atom is 0.255 e. The van der Waals surface area contributed by atoms with E-state index in [1.165, 1.54) is 32.2 Å². The highest BCUT2D eigenvalue weighted by Gasteiger charge is 2.62. The van der Waals surface area contributed by atoms with Crippen LogP contribution in [0, 0.1) is 10.8 Å². The molecule has 5 heteroatoms. The first-order valence-corrected chi connectivity index (χ1v) is 10.7. The summed E-state index contributed by atoms with van der Waals surface area (Å²) in [6.07, 6.45) is 5.71. The summed E-state index contributed by atoms with van der Waals surface area (Å²) in [7, 11) is 0. The van der Waals surface area contributed by atoms with Crippen LogP contribution in [-0.4, -0.2) is 36.5 Å². The summed E-state index contributed by atoms with van der Waals surface area (Å²) in [4.78, 5) is 15.1. The smallest absolute Gasteiger partial charge is 0.255 e. The largest absolute Gasteiger partial charge is 0.397 e. The summed E-state index contributed by atoms with van der Waals surface area (Å²) in [6, 6.07) is 15.5. The number of anilines is 3. The molecule has 1 aliphatic heterocycles. The van der Waals surface area contributed by atoms with Gasteiger partial charge in [0, 0.05) is 30.9 Å². The van der Waals surface area contributed by atoms with Gasteiger partial charge in [-0.25, -0.2) is 0 Å². The molecule has 2 saturated carbocycles. The van der Waals surface area contributed by atoms with Gasteiger partial charge in [-0.15, -0.1) is 0 Å². The van der Waals surface area contributed by atoms with Crippen molar-refractivity contribution in [1.82, 2.24) is 4.90 Å². The van der Waals surface area contributed by atoms with E-state index in [0.29, 0.717) is 33.8 Å². The number of nitrogens with two attached hydrogens (primary N) is 1. The average molecular weight is 391 g/mol. The van der Waals surface area contributed by atoms with Crippen LogP contribution >= 0.6 is 0 Å². The van der Waals surface area contributed by atoms with Crippen molar-refractivity contribution in [3.63, 3.8) is 0 Å². The molecule has 0 radical (unpaired) electrons. The van der Waals surface area contributed by atoms with Crippen LogP contribution < -0.4 is 16.4 Å². The van der Waals surface area contributed by atoms with E-state index in [9.17, 15) is 4.79 Å². The van der Waals surface area contributed by atoms with Gasteiger partial charge < -0.3 is 16.4 Å². The molecule has 29 heavy (non-hydrogen) atoms. The van der Waals surface area contributed by atoms with E-state index in [2.05, 4.69) is 22.5 Å². The number of nitrogens with one attached hydrogen (secondary N) is 2. The third-order valence-electron chi connectivity index (χ3n) is 7.34. The minimum Gasteiger partial charge on any atom is -0.397 e. The van der Waals surface area contributed by atoms with E-state index in [1.54, 1.807) is 12.1 Å². The van der Waals surface area contributed by atoms with Gasteiger partial charge in [-0.05, 0) is 72.9 Å². The summed E-state index contributed by atoms with van der Waals surface area (Å²) in [5.41, 5.74) is 10.1. The van der Waals surface area contributed by atoms with Crippen molar-refractivity contribution in [1.29, 1.82) is 0 Å². The van der Waals surface area contributed by atoms with Crippen LogP contribution in [0.3, 0.4) is 0 Å². The second-order valence-corrected chi connectivity index (χ2v) is 9.50. The fourth-order valence-electron chi connectivity index (χ4n) is 4.80. The first-order valence-electron chi connectivity index (χ1n) is 10.7. The minimum absolute atomic E-state index is 0.146. The summed E-state index contributed by atoms with van der Waals surface area (Å²) in [5.74, 6) is -0.146. The van der Waals surface area contributed by atoms with Crippen molar-refractivity contribution in [2.24, 2.45) is 10.8 Å². The van der Waals surface area contributed by atoms with E-state index in [-0.39, 0.29) is 5.91 Å². The number of para-hydroxylation sites is 2. The topological polar surface area (TPSA) is 70.4 Å². The Morgan fingerprint density at radius 3 is 2.38 bits per heavy atom. The molecule has 0 unspecified atom stereocenters. The Morgan fingerprint density at radius 2 is 1.76 bits per heavy atom. The molecule has 5 rings (SSSR count). The molecular weight excluding hydrogens is 360 g/mol. The summed E-state index contributed by atoms with van der Waals surface area (Å²) in [6.45, 7) is 6.00. The molecule has 4 N–H and O–H groups in total. The Balaban J connectivity index is 1.11. The molecule has 0 atom stereocenters. The number of carbonyl (C=O) groups is 1. The molecule has 2 aliphatic carbocycles. The average Bonchev–Trinajstić information content (AvgIpc) is 3.60. The van der Waals surface area contributed by atoms with Gasteiger partial charge >= 0.3 is 0 Å². The Hall–Kier alpha value is -2.53. The molecule has 0 spiro atoms. The second kappa shape index (κ2) is 6.77. The van der Waals surface area contributed by atoms with Gasteiger partial charge in [0.2, 0.25) is 0 Å². The monoisotopic (exact) mass is 390 g/mol. The number of hydrogen-bond acceptors (Lipinski definition) is 4. The van der Waals surface area contributed by atoms with E-state index in [4.69, 9.17) is 5.73 Å². The minimum atomic E-state index is -0.146. The fraction of sp³-hybridized carbons (Fsp3) is 0.458. The molecule has 152 valence electrons. The highest BCUT2D eigenvalue weighted by molar-refractivity contribution is 6.05. The predicted octanol–water partition coefficient (Wildman–Crippen LogP) is 4.20. The molecule has 1 saturated heterocycles. The molecule has 3 fully saturated rings. The molecule has 2 aromatic rings. The van der Waals surface area contributed by atoms with Gasteiger partial charge in [-0.2, -0.15) is 0 Å². The highest BCUT2D eigenvalue weighted by Crippen LogP contribution is 2.70. The number of nitrogens with zero attached hydrogens (tertiary/aromatic N) is 1. The standard InChI is InChI=1S/C24H30N4O/c1-23(10-11-23)24(12-13-24)16-28-14-19(15-28)26-18-8-6-17(7-9-18)22(29)27-21-5-3-2-4-20(21)25/h2-9,19,26H,10-16,25H2,1H3,(H,27,29). The number of amides is 1. The van der Waals surface area contributed by atoms with Gasteiger partial charge in [-0.3, -0.25) is 9.69 Å². The van der Waals surface area contributed by atoms with Crippen molar-refractivity contribution in [3.05, 3.63) is 54.1 Å². The van der Waals surface area contributed by atoms with E-state index < -0.39 is 0 Å². The third kappa shape index (κ3) is 3.60. The fourth-order valence-corrected chi connectivity index (χ4v) is 4.80. The highest BCUT2D eigenvalue weighted by atomic mass is 16.1. The molecule has 3 aliphatic rings. The number of likely N-dealkylation sites (tertiary alicyclic amines) is 1. The van der Waals surface area contributed by atoms with Crippen LogP contribution in [0.4, 0.5) is 17.1 Å². The van der Waals surface area contributed by atoms with Gasteiger partial charge in [0.1, 0.15) is 0 Å². The third-order valence-corrected chi connectivity index (χ3v) is 7.34. The predicted molar refractivity (Wildman–Crippen MR) is 118 cm³/mol. The van der Waals surface area contributed by atoms with Crippen molar-refractivity contribution in [3.8, 4) is 0 Å². The maximum atomic E-state index is 12.4. The van der Waals surface area contributed by atoms with E-state index in [0.717, 1.165) is 18.8 Å². The molecular formula is C24H30N4O. The maximum absolute atomic E-state index is 12.4. The lowest BCUT2D eigenvalue weighted by atomic mass is 9.86. The van der Waals surface area contributed by atoms with Crippen LogP contribution in [0.1, 0.15) is 43.0 Å². The van der Waals surface area contributed by atoms with Crippen LogP contribution in [0.2, 0.25) is 0 Å². The summed E-state index contributed by atoms with van der Waals surface area (Å²) < 4.78 is 0. The molecule has 1 heterocycles. The summed E-state index contributed by atoms with van der Waals surface area (Å²) >= 11 is 0. The Morgan fingerprint density at radius 1 is 1.07 bits per heavy atom. The van der Waals surface area contributed by atoms with Gasteiger partial charge in [0.25, 0.3) is 5.91 Å². The number of rotatable bonds is 7. The summed E-state index contributed by atoms with van der Waals surface area (Å²) in [5, 5.41) is 6.47. The molecule has 5 nitrogen and oxygen atoms in total. The number of hydrogen-bond donors (Lipinski definition) is 3. The number of nitrogen functional groups attached to an aromatic ring is 1. The Labute approximate surface area is 172 Å². The number of benzene rings is 2.